The van der Waals surface area contributed by atoms with Gasteiger partial charge in [-0.05, 0) is 0 Å². The summed E-state index contributed by atoms with van der Waals surface area (Å²) in [7, 11) is 0. The van der Waals surface area contributed by atoms with Crippen LogP contribution in [0.4, 0.5) is 263 Å². The molecule has 0 amide bonds. The van der Waals surface area contributed by atoms with Gasteiger partial charge in [-0.1, -0.05) is 0 Å². The Bertz CT molecular complexity index is 3290. The molecule has 0 saturated heterocycles. The van der Waals surface area contributed by atoms with Gasteiger partial charge in [-0.25, -0.2) is 0 Å². The largest absolute Gasteiger partial charge is 1.00 e. The molecule has 0 bridgehead atoms. The molecule has 0 atom stereocenters. The molecule has 0 nitrogen and oxygen atoms in total. The van der Waals surface area contributed by atoms with Gasteiger partial charge in [0, 0.05) is 44.5 Å². The van der Waals surface area contributed by atoms with Gasteiger partial charge >= 0.3 is 153 Å². The molecule has 62 heteroatoms. The molecule has 0 aromatic heterocycles. The molecule has 0 aliphatic heterocycles. The minimum absolute atomic E-state index is 0. The normalized spacial score (nSPS) is 15.3. The smallest absolute Gasteiger partial charge is 0.170 e. The van der Waals surface area contributed by atoms with E-state index in [1.54, 1.807) is 0 Å². The molecule has 4 rings (SSSR count). The third-order valence-electron chi connectivity index (χ3n) is 13.6. The average Bonchev–Trinajstić information content (AvgIpc) is 0.642. The molecule has 0 unspecified atom stereocenters. The van der Waals surface area contributed by atoms with Crippen LogP contribution in [0, 0.1) is 0 Å². The molecular formula is C44BF60Na. The Morgan fingerprint density at radius 1 is 0.0943 bits per heavy atom. The number of rotatable bonds is 4. The van der Waals surface area contributed by atoms with Gasteiger partial charge in [0.2, 0.25) is 0 Å². The number of halogens is 60. The van der Waals surface area contributed by atoms with Crippen LogP contribution in [0.25, 0.3) is 0 Å². The fourth-order valence-corrected chi connectivity index (χ4v) is 11.4. The van der Waals surface area contributed by atoms with Crippen LogP contribution in [0.5, 0.6) is 0 Å². The summed E-state index contributed by atoms with van der Waals surface area (Å²) in [5, 5.41) is 0. The molecular weight excluding hydrogens is 1700 g/mol. The Balaban J connectivity index is 0.0000292. The van der Waals surface area contributed by atoms with Crippen LogP contribution in [0.1, 0.15) is 111 Å². The van der Waals surface area contributed by atoms with Gasteiger partial charge in [-0.2, -0.15) is 285 Å². The summed E-state index contributed by atoms with van der Waals surface area (Å²) in [5.74, 6) is 0. The van der Waals surface area contributed by atoms with Gasteiger partial charge in [-0.3, -0.25) is 0 Å². The summed E-state index contributed by atoms with van der Waals surface area (Å²) in [6.45, 7) is 0. The standard InChI is InChI=1S/C44BF60.Na/c46-25(47,48)1-5(29(58,59)60)13(37(82,83)84)21(14(38(85,86)87)6(1)30(61,62)63)45(22-15(39(88,89)90)7(31(64,65)66)2(26(49,50)51)8(32(67,68)69)16(22)40(91,92)93,23-17(41(94,95)96)9(33(70,71)72)3(27(52,53)54)10(34(73,74)75)18(23)42(97,98)99)24-19(43(100,101)102)11(35(76,77)78)4(28(55,56)57)12(36(79,80)81)20(24)44(103,104)105;/q-1;+1. The second-order valence-electron chi connectivity index (χ2n) is 20.0. The van der Waals surface area contributed by atoms with Crippen LogP contribution in [0.15, 0.2) is 0 Å². The molecule has 106 heavy (non-hydrogen) atoms. The van der Waals surface area contributed by atoms with Gasteiger partial charge in [0.1, 0.15) is 6.15 Å². The van der Waals surface area contributed by atoms with Crippen molar-refractivity contribution in [3.8, 4) is 0 Å². The minimum Gasteiger partial charge on any atom is -0.170 e. The van der Waals surface area contributed by atoms with Crippen molar-refractivity contribution in [3.05, 3.63) is 111 Å². The topological polar surface area (TPSA) is 0 Å². The number of hydrogen-bond acceptors (Lipinski definition) is 0. The second-order valence-corrected chi connectivity index (χ2v) is 20.0. The number of hydrogen-bond donors (Lipinski definition) is 0. The quantitative estimate of drug-likeness (QED) is 0.141. The van der Waals surface area contributed by atoms with Crippen LogP contribution in [-0.4, -0.2) is 6.15 Å². The van der Waals surface area contributed by atoms with Gasteiger partial charge in [0.05, 0.1) is 66.8 Å². The predicted molar refractivity (Wildman–Crippen MR) is 210 cm³/mol. The van der Waals surface area contributed by atoms with Crippen LogP contribution >= 0.6 is 0 Å². The molecule has 600 valence electrons. The molecule has 0 N–H and O–H groups in total. The molecule has 4 aromatic rings. The van der Waals surface area contributed by atoms with Crippen LogP contribution in [0.2, 0.25) is 0 Å². The maximum absolute atomic E-state index is 16.4. The van der Waals surface area contributed by atoms with E-state index < -0.39 is 263 Å². The summed E-state index contributed by atoms with van der Waals surface area (Å²) >= 11 is 0. The molecule has 0 radical (unpaired) electrons. The Morgan fingerprint density at radius 2 is 0.142 bits per heavy atom. The molecule has 0 heterocycles. The molecule has 0 aliphatic carbocycles. The molecule has 0 fully saturated rings. The van der Waals surface area contributed by atoms with Crippen LogP contribution < -0.4 is 51.4 Å². The first-order valence-electron chi connectivity index (χ1n) is 23.5. The van der Waals surface area contributed by atoms with Crippen LogP contribution in [0.3, 0.4) is 0 Å². The Morgan fingerprint density at radius 3 is 0.189 bits per heavy atom. The van der Waals surface area contributed by atoms with Crippen molar-refractivity contribution in [1.82, 2.24) is 0 Å². The second kappa shape index (κ2) is 25.7. The maximum Gasteiger partial charge on any atom is 1.00 e. The van der Waals surface area contributed by atoms with Crippen LogP contribution in [-0.2, 0) is 124 Å². The third kappa shape index (κ3) is 16.7. The fraction of sp³-hybridized carbons (Fsp3) is 0.455. The first-order valence-corrected chi connectivity index (χ1v) is 23.5. The van der Waals surface area contributed by atoms with E-state index in [1.807, 2.05) is 0 Å². The molecule has 0 aliphatic rings. The summed E-state index contributed by atoms with van der Waals surface area (Å²) in [6, 6.07) is 0. The molecule has 0 spiro atoms. The first kappa shape index (κ1) is 93.9. The zero-order chi connectivity index (χ0) is 84.4. The van der Waals surface area contributed by atoms with Gasteiger partial charge < -0.3 is 0 Å². The minimum atomic E-state index is -14.0. The SMILES string of the molecule is FC(F)(F)c1c([B-](c2c(C(F)(F)F)c(C(F)(F)F)c(C(F)(F)F)c(C(F)(F)F)c2C(F)(F)F)(c2c(C(F)(F)F)c(C(F)(F)F)c(C(F)(F)F)c(C(F)(F)F)c2C(F)(F)F)c2c(C(F)(F)F)c(C(F)(F)F)c(C(F)(F)F)c(C(F)(F)F)c2C(F)(F)F)c(C(F)(F)F)c(C(F)(F)F)c(C(F)(F)F)c1C(F)(F)F.[Na+]. The van der Waals surface area contributed by atoms with Crippen molar-refractivity contribution in [2.75, 3.05) is 0 Å². The fourth-order valence-electron chi connectivity index (χ4n) is 11.4. The van der Waals surface area contributed by atoms with E-state index in [4.69, 9.17) is 0 Å². The van der Waals surface area contributed by atoms with E-state index in [0.29, 0.717) is 0 Å². The van der Waals surface area contributed by atoms with Gasteiger partial charge in [0.25, 0.3) is 0 Å². The van der Waals surface area contributed by atoms with E-state index >= 15 is 263 Å². The predicted octanol–water partition coefficient (Wildman–Crippen LogP) is 20.4. The van der Waals surface area contributed by atoms with Gasteiger partial charge in [0.15, 0.2) is 0 Å². The first-order chi connectivity index (χ1) is 44.9. The zero-order valence-corrected chi connectivity index (χ0v) is 48.3. The van der Waals surface area contributed by atoms with Crippen molar-refractivity contribution in [3.63, 3.8) is 0 Å². The zero-order valence-electron chi connectivity index (χ0n) is 46.3. The van der Waals surface area contributed by atoms with E-state index in [0.717, 1.165) is 0 Å². The Kier molecular flexibility index (Phi) is 22.7. The number of alkyl halides is 60. The Hall–Kier alpha value is -6.26. The summed E-state index contributed by atoms with van der Waals surface area (Å²) in [4.78, 5) is 0. The van der Waals surface area contributed by atoms with Crippen molar-refractivity contribution in [2.24, 2.45) is 0 Å². The summed E-state index contributed by atoms with van der Waals surface area (Å²) in [5.41, 5.74) is -187. The average molecular weight is 1700 g/mol. The molecule has 4 aromatic carbocycles. The van der Waals surface area contributed by atoms with Crippen molar-refractivity contribution in [2.45, 2.75) is 124 Å². The summed E-state index contributed by atoms with van der Waals surface area (Å²) in [6.07, 6.45) is -217. The van der Waals surface area contributed by atoms with Gasteiger partial charge in [-0.15, -0.1) is 0 Å². The summed E-state index contributed by atoms with van der Waals surface area (Å²) < 4.78 is 950. The van der Waals surface area contributed by atoms with E-state index in [-0.39, 0.29) is 29.6 Å². The monoisotopic (exact) mass is 1700 g/mol. The molecule has 0 saturated carbocycles. The van der Waals surface area contributed by atoms with Crippen molar-refractivity contribution < 1.29 is 293 Å². The maximum atomic E-state index is 16.4. The van der Waals surface area contributed by atoms with Crippen molar-refractivity contribution in [1.29, 1.82) is 0 Å². The number of benzene rings is 4. The third-order valence-corrected chi connectivity index (χ3v) is 13.6. The van der Waals surface area contributed by atoms with Crippen molar-refractivity contribution >= 4 is 28.0 Å². The Labute approximate surface area is 555 Å². The van der Waals surface area contributed by atoms with E-state index in [9.17, 15) is 0 Å². The van der Waals surface area contributed by atoms with E-state index in [2.05, 4.69) is 0 Å². The van der Waals surface area contributed by atoms with E-state index in [1.165, 1.54) is 0 Å².